The van der Waals surface area contributed by atoms with Crippen molar-refractivity contribution in [3.63, 3.8) is 0 Å². The summed E-state index contributed by atoms with van der Waals surface area (Å²) in [5, 5.41) is 16.5. The van der Waals surface area contributed by atoms with E-state index in [0.29, 0.717) is 13.1 Å². The van der Waals surface area contributed by atoms with Gasteiger partial charge in [-0.25, -0.2) is 4.98 Å². The van der Waals surface area contributed by atoms with Crippen LogP contribution in [0.4, 0.5) is 0 Å². The number of likely N-dealkylation sites (tertiary alicyclic amines) is 1. The zero-order chi connectivity index (χ0) is 13.1. The van der Waals surface area contributed by atoms with Gasteiger partial charge < -0.3 is 10.0 Å². The van der Waals surface area contributed by atoms with Crippen molar-refractivity contribution in [1.82, 2.24) is 20.1 Å². The summed E-state index contributed by atoms with van der Waals surface area (Å²) in [5.41, 5.74) is 0. The van der Waals surface area contributed by atoms with Gasteiger partial charge in [-0.15, -0.1) is 5.10 Å². The van der Waals surface area contributed by atoms with Gasteiger partial charge in [-0.2, -0.15) is 0 Å². The van der Waals surface area contributed by atoms with Gasteiger partial charge in [-0.05, 0) is 18.8 Å². The third-order valence-electron chi connectivity index (χ3n) is 3.42. The van der Waals surface area contributed by atoms with Crippen LogP contribution in [0.3, 0.4) is 0 Å². The summed E-state index contributed by atoms with van der Waals surface area (Å²) in [4.78, 5) is 17.9. The van der Waals surface area contributed by atoms with Crippen LogP contribution >= 0.6 is 0 Å². The van der Waals surface area contributed by atoms with Gasteiger partial charge in [0.1, 0.15) is 5.82 Å². The lowest BCUT2D eigenvalue weighted by molar-refractivity contribution is 0.0241. The molecular formula is C12H20N4O2. The molecule has 2 atom stereocenters. The monoisotopic (exact) mass is 252 g/mol. The Kier molecular flexibility index (Phi) is 3.96. The van der Waals surface area contributed by atoms with Gasteiger partial charge in [0, 0.05) is 19.5 Å². The molecule has 1 aromatic heterocycles. The number of aliphatic hydroxyl groups is 1. The average molecular weight is 252 g/mol. The normalized spacial score (nSPS) is 24.3. The predicted octanol–water partition coefficient (Wildman–Crippen LogP) is 0.600. The van der Waals surface area contributed by atoms with Crippen LogP contribution in [0, 0.1) is 5.92 Å². The number of amides is 1. The molecule has 6 heteroatoms. The van der Waals surface area contributed by atoms with Gasteiger partial charge in [0.15, 0.2) is 0 Å². The molecule has 1 aliphatic rings. The zero-order valence-corrected chi connectivity index (χ0v) is 10.9. The van der Waals surface area contributed by atoms with Crippen LogP contribution in [0.1, 0.15) is 43.1 Å². The molecule has 1 saturated heterocycles. The fraction of sp³-hybridized carbons (Fsp3) is 0.750. The maximum Gasteiger partial charge on any atom is 0.293 e. The van der Waals surface area contributed by atoms with Crippen LogP contribution in [0.25, 0.3) is 0 Å². The first-order chi connectivity index (χ1) is 8.61. The van der Waals surface area contributed by atoms with Crippen molar-refractivity contribution in [3.05, 3.63) is 11.6 Å². The number of hydrogen-bond acceptors (Lipinski definition) is 4. The van der Waals surface area contributed by atoms with E-state index in [0.717, 1.165) is 25.1 Å². The molecule has 1 aromatic rings. The molecule has 2 rings (SSSR count). The summed E-state index contributed by atoms with van der Waals surface area (Å²) in [6.07, 6.45) is 2.12. The van der Waals surface area contributed by atoms with E-state index in [1.165, 1.54) is 0 Å². The maximum atomic E-state index is 12.1. The summed E-state index contributed by atoms with van der Waals surface area (Å²) >= 11 is 0. The lowest BCUT2D eigenvalue weighted by atomic mass is 9.96. The first-order valence-electron chi connectivity index (χ1n) is 6.50. The molecule has 0 radical (unpaired) electrons. The van der Waals surface area contributed by atoms with E-state index in [2.05, 4.69) is 15.2 Å². The number of aryl methyl sites for hydroxylation is 1. The first-order valence-corrected chi connectivity index (χ1v) is 6.50. The van der Waals surface area contributed by atoms with Gasteiger partial charge in [0.25, 0.3) is 5.91 Å². The van der Waals surface area contributed by atoms with Crippen molar-refractivity contribution >= 4 is 5.91 Å². The summed E-state index contributed by atoms with van der Waals surface area (Å²) < 4.78 is 0. The molecule has 2 N–H and O–H groups in total. The van der Waals surface area contributed by atoms with E-state index in [1.807, 2.05) is 13.8 Å². The number of carbonyl (C=O) groups excluding carboxylic acids is 1. The number of β-amino-alcohol motifs (C(OH)–C–C–N with tert-alkyl or cyclic N) is 1. The Balaban J connectivity index is 2.02. The van der Waals surface area contributed by atoms with Crippen LogP contribution in [-0.4, -0.2) is 50.3 Å². The van der Waals surface area contributed by atoms with E-state index in [1.54, 1.807) is 4.90 Å². The molecule has 2 heterocycles. The average Bonchev–Trinajstić information content (AvgIpc) is 2.81. The molecule has 1 amide bonds. The van der Waals surface area contributed by atoms with Crippen molar-refractivity contribution in [2.24, 2.45) is 5.92 Å². The van der Waals surface area contributed by atoms with Crippen LogP contribution in [-0.2, 0) is 6.42 Å². The number of nitrogens with zero attached hydrogens (tertiary/aromatic N) is 3. The Morgan fingerprint density at radius 1 is 1.61 bits per heavy atom. The smallest absolute Gasteiger partial charge is 0.293 e. The highest BCUT2D eigenvalue weighted by Gasteiger charge is 2.29. The van der Waals surface area contributed by atoms with Crippen molar-refractivity contribution in [1.29, 1.82) is 0 Å². The summed E-state index contributed by atoms with van der Waals surface area (Å²) in [5.74, 6) is 1.00. The number of aromatic nitrogens is 3. The minimum atomic E-state index is -0.447. The van der Waals surface area contributed by atoms with Gasteiger partial charge in [0.05, 0.1) is 6.10 Å². The Hall–Kier alpha value is -1.43. The van der Waals surface area contributed by atoms with Crippen LogP contribution in [0.2, 0.25) is 0 Å². The fourth-order valence-electron chi connectivity index (χ4n) is 2.11. The van der Waals surface area contributed by atoms with Gasteiger partial charge >= 0.3 is 0 Å². The largest absolute Gasteiger partial charge is 0.391 e. The molecule has 0 saturated carbocycles. The summed E-state index contributed by atoms with van der Waals surface area (Å²) in [6.45, 7) is 5.08. The van der Waals surface area contributed by atoms with E-state index >= 15 is 0 Å². The topological polar surface area (TPSA) is 82.1 Å². The quantitative estimate of drug-likeness (QED) is 0.825. The number of piperidine rings is 1. The highest BCUT2D eigenvalue weighted by Crippen LogP contribution is 2.18. The minimum Gasteiger partial charge on any atom is -0.391 e. The molecule has 2 unspecified atom stereocenters. The van der Waals surface area contributed by atoms with Crippen molar-refractivity contribution in [2.75, 3.05) is 13.1 Å². The third-order valence-corrected chi connectivity index (χ3v) is 3.42. The van der Waals surface area contributed by atoms with E-state index < -0.39 is 6.10 Å². The number of hydrogen-bond donors (Lipinski definition) is 2. The van der Waals surface area contributed by atoms with Crippen molar-refractivity contribution < 1.29 is 9.90 Å². The second kappa shape index (κ2) is 5.48. The summed E-state index contributed by atoms with van der Waals surface area (Å²) in [6, 6.07) is 0. The van der Waals surface area contributed by atoms with Crippen LogP contribution in [0.15, 0.2) is 0 Å². The van der Waals surface area contributed by atoms with Gasteiger partial charge in [-0.1, -0.05) is 13.8 Å². The SMILES string of the molecule is CCCc1nc(C(=O)N2CCC(C)C(O)C2)n[nH]1. The van der Waals surface area contributed by atoms with Crippen LogP contribution in [0.5, 0.6) is 0 Å². The molecule has 0 spiro atoms. The lowest BCUT2D eigenvalue weighted by Crippen LogP contribution is -2.46. The second-order valence-corrected chi connectivity index (χ2v) is 4.94. The minimum absolute atomic E-state index is 0.195. The van der Waals surface area contributed by atoms with Crippen molar-refractivity contribution in [3.8, 4) is 0 Å². The zero-order valence-electron chi connectivity index (χ0n) is 10.9. The fourth-order valence-corrected chi connectivity index (χ4v) is 2.11. The van der Waals surface area contributed by atoms with E-state index in [9.17, 15) is 9.90 Å². The van der Waals surface area contributed by atoms with E-state index in [-0.39, 0.29) is 17.6 Å². The summed E-state index contributed by atoms with van der Waals surface area (Å²) in [7, 11) is 0. The molecular weight excluding hydrogens is 232 g/mol. The molecule has 18 heavy (non-hydrogen) atoms. The van der Waals surface area contributed by atoms with Gasteiger partial charge in [0.2, 0.25) is 5.82 Å². The Labute approximate surface area is 106 Å². The number of aromatic amines is 1. The molecule has 0 aromatic carbocycles. The number of carbonyl (C=O) groups is 1. The number of nitrogens with one attached hydrogen (secondary N) is 1. The molecule has 0 bridgehead atoms. The number of rotatable bonds is 3. The standard InChI is InChI=1S/C12H20N4O2/c1-3-4-10-13-11(15-14-10)12(18)16-6-5-8(2)9(17)7-16/h8-9,17H,3-7H2,1-2H3,(H,13,14,15). The predicted molar refractivity (Wildman–Crippen MR) is 66.1 cm³/mol. The Bertz CT molecular complexity index is 418. The number of H-pyrrole nitrogens is 1. The Morgan fingerprint density at radius 3 is 3.06 bits per heavy atom. The highest BCUT2D eigenvalue weighted by atomic mass is 16.3. The van der Waals surface area contributed by atoms with Gasteiger partial charge in [-0.3, -0.25) is 9.89 Å². The second-order valence-electron chi connectivity index (χ2n) is 4.94. The van der Waals surface area contributed by atoms with Crippen LogP contribution < -0.4 is 0 Å². The lowest BCUT2D eigenvalue weighted by Gasteiger charge is -2.33. The number of aliphatic hydroxyl groups excluding tert-OH is 1. The Morgan fingerprint density at radius 2 is 2.39 bits per heavy atom. The highest BCUT2D eigenvalue weighted by molar-refractivity contribution is 5.90. The van der Waals surface area contributed by atoms with Crippen molar-refractivity contribution in [2.45, 2.75) is 39.2 Å². The van der Waals surface area contributed by atoms with E-state index in [4.69, 9.17) is 0 Å². The molecule has 100 valence electrons. The molecule has 0 aliphatic carbocycles. The first kappa shape index (κ1) is 13.0. The molecule has 6 nitrogen and oxygen atoms in total. The third kappa shape index (κ3) is 2.69. The molecule has 1 aliphatic heterocycles. The molecule has 1 fully saturated rings. The maximum absolute atomic E-state index is 12.1.